The van der Waals surface area contributed by atoms with Gasteiger partial charge in [-0.3, -0.25) is 14.9 Å². The first-order valence-corrected chi connectivity index (χ1v) is 4.54. The standard InChI is InChI=1S/C10H9N3O3/c1-12-5-8(10(11)14)7-4-6(13(15)16)2-3-9(7)12/h2-5H,1H3,(H2,11,14). The van der Waals surface area contributed by atoms with Crippen molar-refractivity contribution < 1.29 is 9.72 Å². The van der Waals surface area contributed by atoms with Crippen LogP contribution in [0, 0.1) is 10.1 Å². The number of nitrogens with zero attached hydrogens (tertiary/aromatic N) is 2. The zero-order valence-electron chi connectivity index (χ0n) is 8.51. The number of benzene rings is 1. The lowest BCUT2D eigenvalue weighted by Crippen LogP contribution is -2.10. The molecule has 1 aromatic heterocycles. The van der Waals surface area contributed by atoms with Crippen LogP contribution in [0.4, 0.5) is 5.69 Å². The summed E-state index contributed by atoms with van der Waals surface area (Å²) in [5.41, 5.74) is 6.17. The van der Waals surface area contributed by atoms with E-state index < -0.39 is 10.8 Å². The van der Waals surface area contributed by atoms with Gasteiger partial charge in [-0.05, 0) is 6.07 Å². The number of carbonyl (C=O) groups excluding carboxylic acids is 1. The van der Waals surface area contributed by atoms with Crippen molar-refractivity contribution in [2.45, 2.75) is 0 Å². The van der Waals surface area contributed by atoms with Crippen molar-refractivity contribution in [2.24, 2.45) is 12.8 Å². The molecule has 6 nitrogen and oxygen atoms in total. The average Bonchev–Trinajstić information content (AvgIpc) is 2.56. The maximum Gasteiger partial charge on any atom is 0.270 e. The van der Waals surface area contributed by atoms with Gasteiger partial charge in [0.2, 0.25) is 0 Å². The van der Waals surface area contributed by atoms with Crippen LogP contribution in [0.2, 0.25) is 0 Å². The molecule has 1 heterocycles. The second kappa shape index (κ2) is 3.34. The van der Waals surface area contributed by atoms with Crippen molar-refractivity contribution in [3.63, 3.8) is 0 Å². The van der Waals surface area contributed by atoms with E-state index in [9.17, 15) is 14.9 Å². The summed E-state index contributed by atoms with van der Waals surface area (Å²) in [4.78, 5) is 21.3. The van der Waals surface area contributed by atoms with Gasteiger partial charge in [0.15, 0.2) is 0 Å². The van der Waals surface area contributed by atoms with Gasteiger partial charge >= 0.3 is 0 Å². The van der Waals surface area contributed by atoms with E-state index in [1.54, 1.807) is 23.9 Å². The fourth-order valence-corrected chi connectivity index (χ4v) is 1.69. The van der Waals surface area contributed by atoms with E-state index in [1.807, 2.05) is 0 Å². The zero-order valence-corrected chi connectivity index (χ0v) is 8.51. The number of primary amides is 1. The van der Waals surface area contributed by atoms with Gasteiger partial charge in [-0.25, -0.2) is 0 Å². The Morgan fingerprint density at radius 3 is 2.75 bits per heavy atom. The molecular weight excluding hydrogens is 210 g/mol. The lowest BCUT2D eigenvalue weighted by molar-refractivity contribution is -0.384. The van der Waals surface area contributed by atoms with Gasteiger partial charge in [-0.1, -0.05) is 0 Å². The minimum absolute atomic E-state index is 0.0544. The molecule has 1 aromatic carbocycles. The molecule has 0 saturated carbocycles. The van der Waals surface area contributed by atoms with Crippen molar-refractivity contribution in [1.82, 2.24) is 4.57 Å². The van der Waals surface area contributed by atoms with Gasteiger partial charge in [-0.15, -0.1) is 0 Å². The van der Waals surface area contributed by atoms with Crippen LogP contribution in [0.15, 0.2) is 24.4 Å². The lowest BCUT2D eigenvalue weighted by Gasteiger charge is -1.95. The molecule has 16 heavy (non-hydrogen) atoms. The molecule has 0 saturated heterocycles. The van der Waals surface area contributed by atoms with E-state index in [0.29, 0.717) is 10.9 Å². The SMILES string of the molecule is Cn1cc(C(N)=O)c2cc([N+](=O)[O-])ccc21. The molecule has 0 radical (unpaired) electrons. The fraction of sp³-hybridized carbons (Fsp3) is 0.100. The summed E-state index contributed by atoms with van der Waals surface area (Å²) in [6, 6.07) is 4.35. The summed E-state index contributed by atoms with van der Waals surface area (Å²) in [6.07, 6.45) is 1.57. The maximum absolute atomic E-state index is 11.1. The summed E-state index contributed by atoms with van der Waals surface area (Å²) >= 11 is 0. The van der Waals surface area contributed by atoms with E-state index in [0.717, 1.165) is 5.52 Å². The molecule has 6 heteroatoms. The number of nitro groups is 1. The molecule has 1 amide bonds. The summed E-state index contributed by atoms with van der Waals surface area (Å²) < 4.78 is 1.71. The molecule has 0 aliphatic rings. The Kier molecular flexibility index (Phi) is 2.12. The number of aryl methyl sites for hydroxylation is 1. The topological polar surface area (TPSA) is 91.2 Å². The molecule has 0 bridgehead atoms. The Morgan fingerprint density at radius 1 is 1.50 bits per heavy atom. The van der Waals surface area contributed by atoms with Crippen molar-refractivity contribution in [3.8, 4) is 0 Å². The third kappa shape index (κ3) is 1.40. The van der Waals surface area contributed by atoms with Crippen molar-refractivity contribution in [3.05, 3.63) is 40.1 Å². The van der Waals surface area contributed by atoms with Gasteiger partial charge < -0.3 is 10.3 Å². The van der Waals surface area contributed by atoms with Gasteiger partial charge in [0.25, 0.3) is 11.6 Å². The van der Waals surface area contributed by atoms with Crippen molar-refractivity contribution in [2.75, 3.05) is 0 Å². The third-order valence-electron chi connectivity index (χ3n) is 2.45. The molecule has 0 spiro atoms. The van der Waals surface area contributed by atoms with Crippen LogP contribution in [0.25, 0.3) is 10.9 Å². The van der Waals surface area contributed by atoms with Crippen LogP contribution in [-0.4, -0.2) is 15.4 Å². The third-order valence-corrected chi connectivity index (χ3v) is 2.45. The number of nitrogens with two attached hydrogens (primary N) is 1. The van der Waals surface area contributed by atoms with Crippen LogP contribution < -0.4 is 5.73 Å². The maximum atomic E-state index is 11.1. The molecule has 2 N–H and O–H groups in total. The monoisotopic (exact) mass is 219 g/mol. The number of hydrogen-bond acceptors (Lipinski definition) is 3. The van der Waals surface area contributed by atoms with Crippen molar-refractivity contribution in [1.29, 1.82) is 0 Å². The molecule has 2 rings (SSSR count). The highest BCUT2D eigenvalue weighted by Crippen LogP contribution is 2.24. The minimum Gasteiger partial charge on any atom is -0.366 e. The molecule has 0 unspecified atom stereocenters. The highest BCUT2D eigenvalue weighted by molar-refractivity contribution is 6.06. The zero-order chi connectivity index (χ0) is 11.9. The molecule has 82 valence electrons. The Balaban J connectivity index is 2.79. The first-order valence-electron chi connectivity index (χ1n) is 4.54. The molecular formula is C10H9N3O3. The van der Waals surface area contributed by atoms with Gasteiger partial charge in [-0.2, -0.15) is 0 Å². The number of nitro benzene ring substituents is 1. The van der Waals surface area contributed by atoms with E-state index in [2.05, 4.69) is 0 Å². The van der Waals surface area contributed by atoms with E-state index in [1.165, 1.54) is 12.1 Å². The minimum atomic E-state index is -0.592. The quantitative estimate of drug-likeness (QED) is 0.607. The highest BCUT2D eigenvalue weighted by Gasteiger charge is 2.14. The van der Waals surface area contributed by atoms with Crippen LogP contribution >= 0.6 is 0 Å². The molecule has 0 fully saturated rings. The predicted octanol–water partition coefficient (Wildman–Crippen LogP) is 1.19. The van der Waals surface area contributed by atoms with Crippen molar-refractivity contribution >= 4 is 22.5 Å². The summed E-state index contributed by atoms with van der Waals surface area (Å²) in [5, 5.41) is 11.1. The van der Waals surface area contributed by atoms with Crippen LogP contribution in [-0.2, 0) is 7.05 Å². The van der Waals surface area contributed by atoms with Crippen LogP contribution in [0.1, 0.15) is 10.4 Å². The number of amides is 1. The first-order chi connectivity index (χ1) is 7.50. The summed E-state index contributed by atoms with van der Waals surface area (Å²) in [7, 11) is 1.75. The van der Waals surface area contributed by atoms with Crippen LogP contribution in [0.3, 0.4) is 0 Å². The molecule has 0 aliphatic heterocycles. The summed E-state index contributed by atoms with van der Waals surface area (Å²) in [5.74, 6) is -0.592. The van der Waals surface area contributed by atoms with Crippen LogP contribution in [0.5, 0.6) is 0 Å². The Bertz CT molecular complexity index is 601. The molecule has 2 aromatic rings. The van der Waals surface area contributed by atoms with E-state index in [-0.39, 0.29) is 5.69 Å². The van der Waals surface area contributed by atoms with Gasteiger partial charge in [0.05, 0.1) is 10.5 Å². The second-order valence-corrected chi connectivity index (χ2v) is 3.48. The average molecular weight is 219 g/mol. The van der Waals surface area contributed by atoms with Gasteiger partial charge in [0.1, 0.15) is 0 Å². The largest absolute Gasteiger partial charge is 0.366 e. The van der Waals surface area contributed by atoms with E-state index >= 15 is 0 Å². The smallest absolute Gasteiger partial charge is 0.270 e. The Hall–Kier alpha value is -2.37. The van der Waals surface area contributed by atoms with Gasteiger partial charge in [0, 0.05) is 36.3 Å². The number of fused-ring (bicyclic) bond motifs is 1. The number of hydrogen-bond donors (Lipinski definition) is 1. The number of non-ortho nitro benzene ring substituents is 1. The normalized spacial score (nSPS) is 10.6. The first kappa shape index (κ1) is 10.2. The Morgan fingerprint density at radius 2 is 2.19 bits per heavy atom. The Labute approximate surface area is 90.4 Å². The number of carbonyl (C=O) groups is 1. The number of rotatable bonds is 2. The highest BCUT2D eigenvalue weighted by atomic mass is 16.6. The second-order valence-electron chi connectivity index (χ2n) is 3.48. The number of aromatic nitrogens is 1. The fourth-order valence-electron chi connectivity index (χ4n) is 1.69. The molecule has 0 aliphatic carbocycles. The summed E-state index contributed by atoms with van der Waals surface area (Å²) in [6.45, 7) is 0. The van der Waals surface area contributed by atoms with E-state index in [4.69, 9.17) is 5.73 Å². The predicted molar refractivity (Wildman–Crippen MR) is 58.1 cm³/mol. The molecule has 0 atom stereocenters. The lowest BCUT2D eigenvalue weighted by atomic mass is 10.1.